The zero-order valence-electron chi connectivity index (χ0n) is 12.1. The molecule has 6 heteroatoms. The van der Waals surface area contributed by atoms with Crippen molar-refractivity contribution in [1.29, 1.82) is 0 Å². The molecular weight excluding hydrogens is 376 g/mol. The third-order valence-electron chi connectivity index (χ3n) is 3.12. The number of hydrogen-bond donors (Lipinski definition) is 2. The minimum absolute atomic E-state index is 0.569. The number of rotatable bonds is 5. The predicted molar refractivity (Wildman–Crippen MR) is 98.2 cm³/mol. The van der Waals surface area contributed by atoms with Gasteiger partial charge >= 0.3 is 0 Å². The van der Waals surface area contributed by atoms with Crippen LogP contribution in [0.5, 0.6) is 0 Å². The Balaban J connectivity index is 1.66. The van der Waals surface area contributed by atoms with E-state index in [0.29, 0.717) is 12.5 Å². The molecule has 2 aromatic carbocycles. The molecule has 0 atom stereocenters. The van der Waals surface area contributed by atoms with E-state index >= 15 is 0 Å². The van der Waals surface area contributed by atoms with Crippen LogP contribution in [0.2, 0.25) is 5.02 Å². The van der Waals surface area contributed by atoms with Gasteiger partial charge < -0.3 is 10.6 Å². The summed E-state index contributed by atoms with van der Waals surface area (Å²) in [6.45, 7) is 0.636. The van der Waals surface area contributed by atoms with E-state index in [1.807, 2.05) is 54.6 Å². The van der Waals surface area contributed by atoms with E-state index in [-0.39, 0.29) is 0 Å². The zero-order chi connectivity index (χ0) is 16.1. The molecule has 4 nitrogen and oxygen atoms in total. The molecule has 23 heavy (non-hydrogen) atoms. The second-order valence-electron chi connectivity index (χ2n) is 4.88. The van der Waals surface area contributed by atoms with Crippen LogP contribution in [0, 0.1) is 0 Å². The molecule has 116 valence electrons. The molecule has 0 amide bonds. The van der Waals surface area contributed by atoms with E-state index in [9.17, 15) is 0 Å². The van der Waals surface area contributed by atoms with Gasteiger partial charge in [-0.05, 0) is 42.0 Å². The highest BCUT2D eigenvalue weighted by atomic mass is 79.9. The molecule has 3 rings (SSSR count). The fourth-order valence-electron chi connectivity index (χ4n) is 2.01. The molecule has 1 heterocycles. The number of aromatic nitrogens is 2. The molecule has 0 radical (unpaired) electrons. The molecule has 2 N–H and O–H groups in total. The van der Waals surface area contributed by atoms with E-state index in [1.165, 1.54) is 0 Å². The topological polar surface area (TPSA) is 49.8 Å². The van der Waals surface area contributed by atoms with Crippen molar-refractivity contribution in [3.05, 3.63) is 75.9 Å². The molecule has 0 saturated heterocycles. The Bertz CT molecular complexity index is 793. The summed E-state index contributed by atoms with van der Waals surface area (Å²) in [4.78, 5) is 8.69. The van der Waals surface area contributed by atoms with Gasteiger partial charge in [0, 0.05) is 27.9 Å². The van der Waals surface area contributed by atoms with E-state index in [1.54, 1.807) is 6.20 Å². The van der Waals surface area contributed by atoms with Crippen LogP contribution in [0.25, 0.3) is 0 Å². The van der Waals surface area contributed by atoms with Gasteiger partial charge in [0.2, 0.25) is 5.95 Å². The van der Waals surface area contributed by atoms with Gasteiger partial charge in [-0.1, -0.05) is 45.7 Å². The number of hydrogen-bond acceptors (Lipinski definition) is 4. The van der Waals surface area contributed by atoms with E-state index in [2.05, 4.69) is 36.5 Å². The Morgan fingerprint density at radius 3 is 2.65 bits per heavy atom. The highest BCUT2D eigenvalue weighted by molar-refractivity contribution is 9.10. The lowest BCUT2D eigenvalue weighted by molar-refractivity contribution is 1.06. The lowest BCUT2D eigenvalue weighted by Gasteiger charge is -2.09. The standard InChI is InChI=1S/C17H14BrClN4/c18-13-2-1-3-15(10-13)22-16-8-9-20-17(23-16)21-11-12-4-6-14(19)7-5-12/h1-10H,11H2,(H2,20,21,22,23). The van der Waals surface area contributed by atoms with E-state index in [4.69, 9.17) is 11.6 Å². The normalized spacial score (nSPS) is 10.3. The van der Waals surface area contributed by atoms with E-state index < -0.39 is 0 Å². The number of benzene rings is 2. The van der Waals surface area contributed by atoms with Crippen LogP contribution in [0.15, 0.2) is 65.3 Å². The highest BCUT2D eigenvalue weighted by Gasteiger charge is 2.01. The maximum absolute atomic E-state index is 5.88. The SMILES string of the molecule is Clc1ccc(CNc2nccc(Nc3cccc(Br)c3)n2)cc1. The van der Waals surface area contributed by atoms with Gasteiger partial charge in [0.05, 0.1) is 0 Å². The number of nitrogens with zero attached hydrogens (tertiary/aromatic N) is 2. The summed E-state index contributed by atoms with van der Waals surface area (Å²) in [5, 5.41) is 7.18. The Labute approximate surface area is 148 Å². The van der Waals surface area contributed by atoms with Gasteiger partial charge in [0.25, 0.3) is 0 Å². The minimum atomic E-state index is 0.569. The lowest BCUT2D eigenvalue weighted by Crippen LogP contribution is -2.04. The van der Waals surface area contributed by atoms with Gasteiger partial charge in [-0.3, -0.25) is 0 Å². The first-order chi connectivity index (χ1) is 11.2. The fourth-order valence-corrected chi connectivity index (χ4v) is 2.54. The lowest BCUT2D eigenvalue weighted by atomic mass is 10.2. The van der Waals surface area contributed by atoms with Gasteiger partial charge in [-0.15, -0.1) is 0 Å². The first-order valence-electron chi connectivity index (χ1n) is 7.03. The second kappa shape index (κ2) is 7.44. The van der Waals surface area contributed by atoms with Gasteiger partial charge in [0.1, 0.15) is 5.82 Å². The number of halogens is 2. The van der Waals surface area contributed by atoms with Crippen molar-refractivity contribution in [2.24, 2.45) is 0 Å². The molecule has 0 unspecified atom stereocenters. The van der Waals surface area contributed by atoms with Crippen LogP contribution in [0.4, 0.5) is 17.5 Å². The monoisotopic (exact) mass is 388 g/mol. The van der Waals surface area contributed by atoms with Crippen molar-refractivity contribution in [3.63, 3.8) is 0 Å². The second-order valence-corrected chi connectivity index (χ2v) is 6.23. The van der Waals surface area contributed by atoms with Gasteiger partial charge in [-0.2, -0.15) is 4.98 Å². The van der Waals surface area contributed by atoms with Crippen LogP contribution >= 0.6 is 27.5 Å². The summed E-state index contributed by atoms with van der Waals surface area (Å²) < 4.78 is 1.01. The molecule has 3 aromatic rings. The molecule has 1 aromatic heterocycles. The summed E-state index contributed by atoms with van der Waals surface area (Å²) in [5.41, 5.74) is 2.07. The smallest absolute Gasteiger partial charge is 0.224 e. The maximum atomic E-state index is 5.88. The third-order valence-corrected chi connectivity index (χ3v) is 3.86. The summed E-state index contributed by atoms with van der Waals surface area (Å²) >= 11 is 9.33. The minimum Gasteiger partial charge on any atom is -0.350 e. The molecule has 0 aliphatic heterocycles. The molecule has 0 bridgehead atoms. The Kier molecular flexibility index (Phi) is 5.10. The fraction of sp³-hybridized carbons (Fsp3) is 0.0588. The quantitative estimate of drug-likeness (QED) is 0.626. The Hall–Kier alpha value is -2.11. The van der Waals surface area contributed by atoms with Crippen LogP contribution in [-0.4, -0.2) is 9.97 Å². The first kappa shape index (κ1) is 15.8. The molecule has 0 saturated carbocycles. The van der Waals surface area contributed by atoms with Crippen LogP contribution in [0.3, 0.4) is 0 Å². The Morgan fingerprint density at radius 1 is 1.04 bits per heavy atom. The van der Waals surface area contributed by atoms with Crippen molar-refractivity contribution in [3.8, 4) is 0 Å². The molecule has 0 fully saturated rings. The highest BCUT2D eigenvalue weighted by Crippen LogP contribution is 2.19. The van der Waals surface area contributed by atoms with Crippen LogP contribution in [-0.2, 0) is 6.54 Å². The third kappa shape index (κ3) is 4.68. The largest absolute Gasteiger partial charge is 0.350 e. The molecule has 0 spiro atoms. The summed E-state index contributed by atoms with van der Waals surface area (Å²) in [6.07, 6.45) is 1.72. The average Bonchev–Trinajstić information content (AvgIpc) is 2.55. The van der Waals surface area contributed by atoms with Crippen molar-refractivity contribution < 1.29 is 0 Å². The van der Waals surface area contributed by atoms with Gasteiger partial charge in [0.15, 0.2) is 0 Å². The zero-order valence-corrected chi connectivity index (χ0v) is 14.5. The maximum Gasteiger partial charge on any atom is 0.224 e. The van der Waals surface area contributed by atoms with E-state index in [0.717, 1.165) is 26.6 Å². The number of nitrogens with one attached hydrogen (secondary N) is 2. The van der Waals surface area contributed by atoms with Crippen molar-refractivity contribution in [2.45, 2.75) is 6.54 Å². The number of anilines is 3. The first-order valence-corrected chi connectivity index (χ1v) is 8.20. The van der Waals surface area contributed by atoms with Crippen molar-refractivity contribution in [1.82, 2.24) is 9.97 Å². The molecule has 0 aliphatic carbocycles. The van der Waals surface area contributed by atoms with Crippen molar-refractivity contribution in [2.75, 3.05) is 10.6 Å². The van der Waals surface area contributed by atoms with Crippen LogP contribution in [0.1, 0.15) is 5.56 Å². The molecular formula is C17H14BrClN4. The predicted octanol–water partition coefficient (Wildman–Crippen LogP) is 5.25. The Morgan fingerprint density at radius 2 is 1.87 bits per heavy atom. The summed E-state index contributed by atoms with van der Waals surface area (Å²) in [5.74, 6) is 1.30. The summed E-state index contributed by atoms with van der Waals surface area (Å²) in [6, 6.07) is 17.4. The van der Waals surface area contributed by atoms with Gasteiger partial charge in [-0.25, -0.2) is 4.98 Å². The average molecular weight is 390 g/mol. The van der Waals surface area contributed by atoms with Crippen molar-refractivity contribution >= 4 is 45.0 Å². The molecule has 0 aliphatic rings. The summed E-state index contributed by atoms with van der Waals surface area (Å²) in [7, 11) is 0. The van der Waals surface area contributed by atoms with Crippen LogP contribution < -0.4 is 10.6 Å².